The van der Waals surface area contributed by atoms with E-state index < -0.39 is 5.41 Å². The Labute approximate surface area is 198 Å². The summed E-state index contributed by atoms with van der Waals surface area (Å²) in [4.78, 5) is 32.7. The molecule has 1 fully saturated rings. The van der Waals surface area contributed by atoms with Crippen molar-refractivity contribution in [2.45, 2.75) is 26.8 Å². The number of piperazine rings is 1. The Morgan fingerprint density at radius 1 is 1.12 bits per heavy atom. The standard InChI is InChI=1S/C24H31ClFN3O2S/c1-24(2,18-25)23(31)28-12-9-27(10-13-28)11-14-29(17-19-5-7-20(26)8-6-19)22(30)16-21-4-3-15-32-21/h3-8,15H,9-14,16-18H2,1-2H3. The Hall–Kier alpha value is -1.96. The molecule has 0 radical (unpaired) electrons. The Morgan fingerprint density at radius 2 is 1.81 bits per heavy atom. The van der Waals surface area contributed by atoms with Gasteiger partial charge in [-0.1, -0.05) is 18.2 Å². The predicted molar refractivity (Wildman–Crippen MR) is 127 cm³/mol. The second-order valence-electron chi connectivity index (χ2n) is 8.85. The van der Waals surface area contributed by atoms with E-state index >= 15 is 0 Å². The van der Waals surface area contributed by atoms with Crippen LogP contribution in [0.5, 0.6) is 0 Å². The number of nitrogens with zero attached hydrogens (tertiary/aromatic N) is 3. The third-order valence-electron chi connectivity index (χ3n) is 5.80. The van der Waals surface area contributed by atoms with Crippen molar-refractivity contribution >= 4 is 34.8 Å². The Balaban J connectivity index is 1.57. The zero-order valence-electron chi connectivity index (χ0n) is 18.7. The number of amides is 2. The molecule has 1 aliphatic rings. The molecule has 2 amide bonds. The lowest BCUT2D eigenvalue weighted by molar-refractivity contribution is -0.141. The largest absolute Gasteiger partial charge is 0.340 e. The summed E-state index contributed by atoms with van der Waals surface area (Å²) < 4.78 is 13.3. The van der Waals surface area contributed by atoms with Crippen LogP contribution < -0.4 is 0 Å². The van der Waals surface area contributed by atoms with Gasteiger partial charge in [0.15, 0.2) is 0 Å². The van der Waals surface area contributed by atoms with Crippen LogP contribution in [-0.4, -0.2) is 71.7 Å². The summed E-state index contributed by atoms with van der Waals surface area (Å²) in [6.07, 6.45) is 0.370. The number of alkyl halides is 1. The van der Waals surface area contributed by atoms with Gasteiger partial charge in [0, 0.05) is 56.6 Å². The highest BCUT2D eigenvalue weighted by molar-refractivity contribution is 7.10. The van der Waals surface area contributed by atoms with Crippen molar-refractivity contribution in [2.75, 3.05) is 45.1 Å². The van der Waals surface area contributed by atoms with Gasteiger partial charge in [0.2, 0.25) is 11.8 Å². The fourth-order valence-corrected chi connectivity index (χ4v) is 4.51. The number of carbonyl (C=O) groups excluding carboxylic acids is 2. The quantitative estimate of drug-likeness (QED) is 0.513. The maximum absolute atomic E-state index is 13.3. The fourth-order valence-electron chi connectivity index (χ4n) is 3.70. The zero-order chi connectivity index (χ0) is 23.1. The summed E-state index contributed by atoms with van der Waals surface area (Å²) in [6.45, 7) is 8.40. The van der Waals surface area contributed by atoms with Gasteiger partial charge in [0.25, 0.3) is 0 Å². The van der Waals surface area contributed by atoms with Gasteiger partial charge in [-0.2, -0.15) is 0 Å². The molecular formula is C24H31ClFN3O2S. The first-order valence-electron chi connectivity index (χ1n) is 10.9. The highest BCUT2D eigenvalue weighted by atomic mass is 35.5. The number of thiophene rings is 1. The molecule has 2 heterocycles. The van der Waals surface area contributed by atoms with E-state index in [-0.39, 0.29) is 17.6 Å². The number of rotatable bonds is 9. The topological polar surface area (TPSA) is 43.9 Å². The van der Waals surface area contributed by atoms with Crippen molar-refractivity contribution < 1.29 is 14.0 Å². The number of halogens is 2. The predicted octanol–water partition coefficient (Wildman–Crippen LogP) is 3.87. The molecule has 1 aliphatic heterocycles. The van der Waals surface area contributed by atoms with Crippen LogP contribution in [0.15, 0.2) is 41.8 Å². The first kappa shape index (κ1) is 24.7. The molecule has 0 spiro atoms. The van der Waals surface area contributed by atoms with Gasteiger partial charge >= 0.3 is 0 Å². The minimum atomic E-state index is -0.552. The lowest BCUT2D eigenvalue weighted by Gasteiger charge is -2.38. The molecule has 8 heteroatoms. The van der Waals surface area contributed by atoms with E-state index in [1.807, 2.05) is 41.2 Å². The second kappa shape index (κ2) is 11.3. The smallest absolute Gasteiger partial charge is 0.229 e. The van der Waals surface area contributed by atoms with Gasteiger partial charge in [0.05, 0.1) is 11.8 Å². The van der Waals surface area contributed by atoms with Gasteiger partial charge < -0.3 is 9.80 Å². The van der Waals surface area contributed by atoms with Crippen LogP contribution in [0.3, 0.4) is 0 Å². The van der Waals surface area contributed by atoms with Gasteiger partial charge in [-0.25, -0.2) is 4.39 Å². The van der Waals surface area contributed by atoms with Crippen LogP contribution in [-0.2, 0) is 22.6 Å². The van der Waals surface area contributed by atoms with E-state index in [0.29, 0.717) is 38.5 Å². The Kier molecular flexibility index (Phi) is 8.68. The maximum atomic E-state index is 13.3. The Bertz CT molecular complexity index is 881. The third-order valence-corrected chi connectivity index (χ3v) is 7.35. The van der Waals surface area contributed by atoms with Gasteiger partial charge in [0.1, 0.15) is 5.82 Å². The van der Waals surface area contributed by atoms with Crippen LogP contribution in [0.2, 0.25) is 0 Å². The van der Waals surface area contributed by atoms with Crippen LogP contribution >= 0.6 is 22.9 Å². The van der Waals surface area contributed by atoms with Crippen molar-refractivity contribution in [1.29, 1.82) is 0 Å². The lowest BCUT2D eigenvalue weighted by atomic mass is 9.94. The number of hydrogen-bond donors (Lipinski definition) is 0. The van der Waals surface area contributed by atoms with E-state index in [1.165, 1.54) is 12.1 Å². The van der Waals surface area contributed by atoms with Gasteiger partial charge in [-0.3, -0.25) is 14.5 Å². The van der Waals surface area contributed by atoms with Crippen molar-refractivity contribution in [1.82, 2.24) is 14.7 Å². The highest BCUT2D eigenvalue weighted by Crippen LogP contribution is 2.21. The molecule has 0 aliphatic carbocycles. The highest BCUT2D eigenvalue weighted by Gasteiger charge is 2.33. The first-order valence-corrected chi connectivity index (χ1v) is 12.3. The molecule has 0 bridgehead atoms. The van der Waals surface area contributed by atoms with Crippen LogP contribution in [0, 0.1) is 11.2 Å². The number of benzene rings is 1. The molecule has 2 aromatic rings. The van der Waals surface area contributed by atoms with E-state index in [0.717, 1.165) is 30.1 Å². The molecule has 0 saturated carbocycles. The lowest BCUT2D eigenvalue weighted by Crippen LogP contribution is -2.53. The average Bonchev–Trinajstić information content (AvgIpc) is 3.30. The van der Waals surface area contributed by atoms with Crippen molar-refractivity contribution in [3.05, 3.63) is 58.0 Å². The molecule has 1 aromatic heterocycles. The van der Waals surface area contributed by atoms with Crippen molar-refractivity contribution in [2.24, 2.45) is 5.41 Å². The van der Waals surface area contributed by atoms with Crippen molar-refractivity contribution in [3.63, 3.8) is 0 Å². The number of hydrogen-bond acceptors (Lipinski definition) is 4. The number of carbonyl (C=O) groups is 2. The molecule has 3 rings (SSSR count). The molecular weight excluding hydrogens is 449 g/mol. The van der Waals surface area contributed by atoms with Gasteiger partial charge in [-0.15, -0.1) is 22.9 Å². The summed E-state index contributed by atoms with van der Waals surface area (Å²) >= 11 is 7.54. The minimum Gasteiger partial charge on any atom is -0.340 e. The second-order valence-corrected chi connectivity index (χ2v) is 10.1. The van der Waals surface area contributed by atoms with E-state index in [1.54, 1.807) is 23.5 Å². The summed E-state index contributed by atoms with van der Waals surface area (Å²) in [5.74, 6) is 0.178. The van der Waals surface area contributed by atoms with E-state index in [4.69, 9.17) is 11.6 Å². The molecule has 1 saturated heterocycles. The average molecular weight is 480 g/mol. The molecule has 0 atom stereocenters. The zero-order valence-corrected chi connectivity index (χ0v) is 20.3. The van der Waals surface area contributed by atoms with Crippen LogP contribution in [0.25, 0.3) is 0 Å². The monoisotopic (exact) mass is 479 g/mol. The van der Waals surface area contributed by atoms with Crippen LogP contribution in [0.1, 0.15) is 24.3 Å². The molecule has 32 heavy (non-hydrogen) atoms. The third kappa shape index (κ3) is 6.77. The summed E-state index contributed by atoms with van der Waals surface area (Å²) in [7, 11) is 0. The summed E-state index contributed by atoms with van der Waals surface area (Å²) in [6, 6.07) is 10.2. The summed E-state index contributed by atoms with van der Waals surface area (Å²) in [5.41, 5.74) is 0.355. The molecule has 0 unspecified atom stereocenters. The molecule has 5 nitrogen and oxygen atoms in total. The molecule has 174 valence electrons. The maximum Gasteiger partial charge on any atom is 0.229 e. The van der Waals surface area contributed by atoms with Crippen molar-refractivity contribution in [3.8, 4) is 0 Å². The first-order chi connectivity index (χ1) is 15.3. The fraction of sp³-hybridized carbons (Fsp3) is 0.500. The van der Waals surface area contributed by atoms with Gasteiger partial charge in [-0.05, 0) is 43.0 Å². The molecule has 1 aromatic carbocycles. The van der Waals surface area contributed by atoms with E-state index in [2.05, 4.69) is 4.90 Å². The summed E-state index contributed by atoms with van der Waals surface area (Å²) in [5, 5.41) is 1.97. The SMILES string of the molecule is CC(C)(CCl)C(=O)N1CCN(CCN(Cc2ccc(F)cc2)C(=O)Cc2cccs2)CC1. The normalized spacial score (nSPS) is 15.1. The Morgan fingerprint density at radius 3 is 2.41 bits per heavy atom. The van der Waals surface area contributed by atoms with Crippen LogP contribution in [0.4, 0.5) is 4.39 Å². The minimum absolute atomic E-state index is 0.0643. The van der Waals surface area contributed by atoms with E-state index in [9.17, 15) is 14.0 Å². The molecule has 0 N–H and O–H groups in total.